The highest BCUT2D eigenvalue weighted by atomic mass is 35.5. The number of aromatic carboxylic acids is 1. The zero-order chi connectivity index (χ0) is 23.5. The monoisotopic (exact) mass is 485 g/mol. The largest absolute Gasteiger partial charge is 0.494 e. The lowest BCUT2D eigenvalue weighted by molar-refractivity contribution is 0.0514. The molecule has 3 aromatic carbocycles. The van der Waals surface area contributed by atoms with E-state index in [1.165, 1.54) is 12.1 Å². The molecule has 4 rings (SSSR count). The molecule has 1 heterocycles. The normalized spacial score (nSPS) is 12.6. The molecule has 0 unspecified atom stereocenters. The number of ether oxygens (including phenoxy) is 2. The summed E-state index contributed by atoms with van der Waals surface area (Å²) in [5.41, 5.74) is 2.61. The quantitative estimate of drug-likeness (QED) is 0.453. The van der Waals surface area contributed by atoms with Gasteiger partial charge >= 0.3 is 5.97 Å². The topological polar surface area (TPSA) is 76.1 Å². The number of rotatable bonds is 6. The third-order valence-corrected chi connectivity index (χ3v) is 5.90. The SMILES string of the molecule is CCCOc1ccc(C(=O)N2COc3ccc(-c4cc(C(=O)O)ccc4Cl)cc3C2)c(Cl)c1. The Morgan fingerprint density at radius 1 is 1.06 bits per heavy atom. The summed E-state index contributed by atoms with van der Waals surface area (Å²) in [6.45, 7) is 2.98. The van der Waals surface area contributed by atoms with Crippen molar-refractivity contribution < 1.29 is 24.2 Å². The zero-order valence-corrected chi connectivity index (χ0v) is 19.3. The molecule has 1 aliphatic rings. The van der Waals surface area contributed by atoms with Gasteiger partial charge < -0.3 is 19.5 Å². The summed E-state index contributed by atoms with van der Waals surface area (Å²) >= 11 is 12.7. The Balaban J connectivity index is 1.58. The number of carboxylic acid groups (broad SMARTS) is 1. The Kier molecular flexibility index (Phi) is 6.77. The van der Waals surface area contributed by atoms with Crippen LogP contribution in [0.1, 0.15) is 39.6 Å². The van der Waals surface area contributed by atoms with Crippen molar-refractivity contribution in [2.45, 2.75) is 19.9 Å². The van der Waals surface area contributed by atoms with E-state index in [9.17, 15) is 14.7 Å². The van der Waals surface area contributed by atoms with Gasteiger partial charge in [0.2, 0.25) is 0 Å². The van der Waals surface area contributed by atoms with Crippen LogP contribution in [0.5, 0.6) is 11.5 Å². The van der Waals surface area contributed by atoms with Crippen LogP contribution in [0.4, 0.5) is 0 Å². The first-order valence-corrected chi connectivity index (χ1v) is 11.1. The molecule has 0 fully saturated rings. The maximum Gasteiger partial charge on any atom is 0.335 e. The van der Waals surface area contributed by atoms with E-state index < -0.39 is 5.97 Å². The molecule has 1 amide bonds. The number of carbonyl (C=O) groups excluding carboxylic acids is 1. The lowest BCUT2D eigenvalue weighted by atomic mass is 9.99. The van der Waals surface area contributed by atoms with Gasteiger partial charge in [-0.3, -0.25) is 4.79 Å². The molecule has 3 aromatic rings. The summed E-state index contributed by atoms with van der Waals surface area (Å²) in [7, 11) is 0. The van der Waals surface area contributed by atoms with E-state index in [-0.39, 0.29) is 18.2 Å². The molecule has 1 N–H and O–H groups in total. The summed E-state index contributed by atoms with van der Waals surface area (Å²) in [5, 5.41) is 10.0. The van der Waals surface area contributed by atoms with Crippen molar-refractivity contribution in [3.63, 3.8) is 0 Å². The van der Waals surface area contributed by atoms with Gasteiger partial charge in [-0.1, -0.05) is 36.2 Å². The first-order chi connectivity index (χ1) is 15.9. The highest BCUT2D eigenvalue weighted by Crippen LogP contribution is 2.35. The average Bonchev–Trinajstić information content (AvgIpc) is 2.81. The maximum atomic E-state index is 13.1. The molecule has 0 atom stereocenters. The van der Waals surface area contributed by atoms with Crippen LogP contribution in [0.3, 0.4) is 0 Å². The van der Waals surface area contributed by atoms with Gasteiger partial charge in [0.15, 0.2) is 6.73 Å². The van der Waals surface area contributed by atoms with Crippen molar-refractivity contribution in [2.24, 2.45) is 0 Å². The average molecular weight is 486 g/mol. The molecular formula is C25H21Cl2NO5. The van der Waals surface area contributed by atoms with Crippen molar-refractivity contribution >= 4 is 35.1 Å². The van der Waals surface area contributed by atoms with E-state index >= 15 is 0 Å². The second-order valence-electron chi connectivity index (χ2n) is 7.59. The molecule has 170 valence electrons. The number of halogens is 2. The predicted molar refractivity (Wildman–Crippen MR) is 126 cm³/mol. The minimum Gasteiger partial charge on any atom is -0.494 e. The van der Waals surface area contributed by atoms with Gasteiger partial charge in [0.25, 0.3) is 5.91 Å². The molecule has 0 spiro atoms. The predicted octanol–water partition coefficient (Wildman–Crippen LogP) is 6.14. The molecule has 0 saturated carbocycles. The second-order valence-corrected chi connectivity index (χ2v) is 8.40. The van der Waals surface area contributed by atoms with Crippen LogP contribution in [-0.4, -0.2) is 35.2 Å². The Labute approximate surface area is 201 Å². The molecule has 33 heavy (non-hydrogen) atoms. The number of hydrogen-bond acceptors (Lipinski definition) is 4. The van der Waals surface area contributed by atoms with E-state index in [1.807, 2.05) is 19.1 Å². The van der Waals surface area contributed by atoms with E-state index in [1.54, 1.807) is 35.2 Å². The molecule has 6 nitrogen and oxygen atoms in total. The number of amides is 1. The zero-order valence-electron chi connectivity index (χ0n) is 17.8. The minimum atomic E-state index is -1.03. The number of nitrogens with zero attached hydrogens (tertiary/aromatic N) is 1. The maximum absolute atomic E-state index is 13.1. The van der Waals surface area contributed by atoms with Crippen LogP contribution in [0.2, 0.25) is 10.0 Å². The molecule has 0 saturated heterocycles. The van der Waals surface area contributed by atoms with Crippen LogP contribution >= 0.6 is 23.2 Å². The Bertz CT molecular complexity index is 1230. The van der Waals surface area contributed by atoms with Crippen LogP contribution in [0.15, 0.2) is 54.6 Å². The highest BCUT2D eigenvalue weighted by Gasteiger charge is 2.25. The van der Waals surface area contributed by atoms with Gasteiger partial charge in [-0.25, -0.2) is 4.79 Å². The summed E-state index contributed by atoms with van der Waals surface area (Å²) < 4.78 is 11.4. The van der Waals surface area contributed by atoms with Crippen molar-refractivity contribution in [3.05, 3.63) is 81.3 Å². The number of hydrogen-bond donors (Lipinski definition) is 1. The minimum absolute atomic E-state index is 0.0881. The molecule has 8 heteroatoms. The first-order valence-electron chi connectivity index (χ1n) is 10.4. The lowest BCUT2D eigenvalue weighted by Gasteiger charge is -2.29. The van der Waals surface area contributed by atoms with Crippen LogP contribution in [-0.2, 0) is 6.54 Å². The summed E-state index contributed by atoms with van der Waals surface area (Å²) in [6, 6.07) is 15.0. The van der Waals surface area contributed by atoms with Gasteiger partial charge in [0, 0.05) is 16.1 Å². The molecule has 0 radical (unpaired) electrons. The van der Waals surface area contributed by atoms with Crippen LogP contribution in [0.25, 0.3) is 11.1 Å². The van der Waals surface area contributed by atoms with Gasteiger partial charge in [-0.05, 0) is 60.5 Å². The van der Waals surface area contributed by atoms with E-state index in [0.717, 1.165) is 17.5 Å². The van der Waals surface area contributed by atoms with Crippen molar-refractivity contribution in [2.75, 3.05) is 13.3 Å². The lowest BCUT2D eigenvalue weighted by Crippen LogP contribution is -2.37. The van der Waals surface area contributed by atoms with Gasteiger partial charge in [0.1, 0.15) is 11.5 Å². The Morgan fingerprint density at radius 2 is 1.88 bits per heavy atom. The van der Waals surface area contributed by atoms with Gasteiger partial charge in [-0.15, -0.1) is 0 Å². The van der Waals surface area contributed by atoms with Crippen LogP contribution < -0.4 is 9.47 Å². The number of carboxylic acids is 1. The standard InChI is InChI=1S/C25H21Cl2NO5/c1-2-9-32-18-5-6-19(22(27)12-18)24(29)28-13-17-10-15(4-8-23(17)33-14-28)20-11-16(25(30)31)3-7-21(20)26/h3-8,10-12H,2,9,13-14H2,1H3,(H,30,31). The number of carbonyl (C=O) groups is 2. The van der Waals surface area contributed by atoms with Crippen molar-refractivity contribution in [1.82, 2.24) is 4.90 Å². The highest BCUT2D eigenvalue weighted by molar-refractivity contribution is 6.34. The molecule has 1 aliphatic heterocycles. The summed E-state index contributed by atoms with van der Waals surface area (Å²) in [5.74, 6) is -0.0237. The molecule has 0 aromatic heterocycles. The number of fused-ring (bicyclic) bond motifs is 1. The van der Waals surface area contributed by atoms with Crippen LogP contribution in [0, 0.1) is 0 Å². The first kappa shape index (κ1) is 23.0. The summed E-state index contributed by atoms with van der Waals surface area (Å²) in [6.07, 6.45) is 0.872. The summed E-state index contributed by atoms with van der Waals surface area (Å²) in [4.78, 5) is 26.0. The van der Waals surface area contributed by atoms with Crippen molar-refractivity contribution in [3.8, 4) is 22.6 Å². The third kappa shape index (κ3) is 4.92. The smallest absolute Gasteiger partial charge is 0.335 e. The third-order valence-electron chi connectivity index (χ3n) is 5.25. The second kappa shape index (κ2) is 9.73. The van der Waals surface area contributed by atoms with E-state index in [0.29, 0.717) is 45.8 Å². The fourth-order valence-electron chi connectivity index (χ4n) is 3.57. The molecular weight excluding hydrogens is 465 g/mol. The number of benzene rings is 3. The molecule has 0 aliphatic carbocycles. The Hall–Kier alpha value is -3.22. The van der Waals surface area contributed by atoms with E-state index in [4.69, 9.17) is 32.7 Å². The fourth-order valence-corrected chi connectivity index (χ4v) is 4.05. The van der Waals surface area contributed by atoms with Gasteiger partial charge in [-0.2, -0.15) is 0 Å². The van der Waals surface area contributed by atoms with Gasteiger partial charge in [0.05, 0.1) is 29.3 Å². The van der Waals surface area contributed by atoms with E-state index in [2.05, 4.69) is 0 Å². The fraction of sp³-hybridized carbons (Fsp3) is 0.200. The van der Waals surface area contributed by atoms with Crippen molar-refractivity contribution in [1.29, 1.82) is 0 Å². The Morgan fingerprint density at radius 3 is 2.61 bits per heavy atom. The molecule has 0 bridgehead atoms.